The molecule has 0 saturated heterocycles. The normalized spacial score (nSPS) is 12.7. The second-order valence-electron chi connectivity index (χ2n) is 8.85. The minimum absolute atomic E-state index is 0.0953. The van der Waals surface area contributed by atoms with Crippen LogP contribution in [0.2, 0.25) is 0 Å². The maximum atomic E-state index is 12.1. The molecule has 0 aliphatic rings. The van der Waals surface area contributed by atoms with E-state index in [0.717, 1.165) is 29.7 Å². The van der Waals surface area contributed by atoms with Crippen molar-refractivity contribution in [1.82, 2.24) is 4.98 Å². The van der Waals surface area contributed by atoms with E-state index in [0.29, 0.717) is 0 Å². The van der Waals surface area contributed by atoms with Gasteiger partial charge in [0.15, 0.2) is 15.7 Å². The number of sulfone groups is 1. The fourth-order valence-electron chi connectivity index (χ4n) is 3.83. The van der Waals surface area contributed by atoms with Crippen LogP contribution >= 0.6 is 0 Å². The van der Waals surface area contributed by atoms with Gasteiger partial charge in [-0.2, -0.15) is 35.6 Å². The summed E-state index contributed by atoms with van der Waals surface area (Å²) in [5, 5.41) is 23.3. The van der Waals surface area contributed by atoms with Crippen LogP contribution in [0.3, 0.4) is 0 Å². The van der Waals surface area contributed by atoms with E-state index in [4.69, 9.17) is 4.55 Å². The minimum Gasteiger partial charge on any atom is -0.368 e. The largest absolute Gasteiger partial charge is 0.397 e. The molecule has 0 unspecified atom stereocenters. The smallest absolute Gasteiger partial charge is 0.368 e. The molecule has 0 amide bonds. The molecule has 3 aromatic rings. The summed E-state index contributed by atoms with van der Waals surface area (Å²) in [7, 11) is -18.2. The van der Waals surface area contributed by atoms with Crippen LogP contribution in [0.25, 0.3) is 10.8 Å². The van der Waals surface area contributed by atoms with Crippen molar-refractivity contribution in [2.24, 2.45) is 10.2 Å². The van der Waals surface area contributed by atoms with Gasteiger partial charge in [-0.05, 0) is 25.1 Å². The van der Waals surface area contributed by atoms with E-state index in [1.54, 1.807) is 0 Å². The van der Waals surface area contributed by atoms with Gasteiger partial charge < -0.3 is 10.6 Å². The molecule has 0 fully saturated rings. The summed E-state index contributed by atoms with van der Waals surface area (Å²) in [5.41, 5.74) is -0.524. The predicted octanol–water partition coefficient (Wildman–Crippen LogP) is 2.53. The van der Waals surface area contributed by atoms with Crippen LogP contribution in [0.15, 0.2) is 62.3 Å². The van der Waals surface area contributed by atoms with Gasteiger partial charge in [0.2, 0.25) is 0 Å². The molecule has 1 heterocycles. The van der Waals surface area contributed by atoms with Crippen LogP contribution < -0.4 is 10.6 Å². The van der Waals surface area contributed by atoms with E-state index >= 15 is 0 Å². The molecule has 0 spiro atoms. The Balaban J connectivity index is 2.19. The van der Waals surface area contributed by atoms with Crippen molar-refractivity contribution in [3.8, 4) is 6.07 Å². The van der Waals surface area contributed by atoms with Crippen molar-refractivity contribution in [3.05, 3.63) is 53.4 Å². The molecule has 1 aromatic heterocycles. The number of fused-ring (bicyclic) bond motifs is 1. The number of nitrogens with zero attached hydrogens (tertiary/aromatic N) is 4. The second-order valence-corrected chi connectivity index (χ2v) is 14.8. The molecule has 242 valence electrons. The van der Waals surface area contributed by atoms with E-state index in [1.807, 2.05) is 6.07 Å². The van der Waals surface area contributed by atoms with Gasteiger partial charge in [0.1, 0.15) is 27.4 Å². The number of hydrogen-bond donors (Lipinski definition) is 5. The lowest BCUT2D eigenvalue weighted by Crippen LogP contribution is -2.17. The van der Waals surface area contributed by atoms with Crippen molar-refractivity contribution in [2.75, 3.05) is 36.1 Å². The lowest BCUT2D eigenvalue weighted by molar-refractivity contribution is 0.278. The highest BCUT2D eigenvalue weighted by Gasteiger charge is 2.22. The summed E-state index contributed by atoms with van der Waals surface area (Å²) in [6.07, 6.45) is 0. The highest BCUT2D eigenvalue weighted by molar-refractivity contribution is 7.94. The Morgan fingerprint density at radius 2 is 1.58 bits per heavy atom. The van der Waals surface area contributed by atoms with Gasteiger partial charge in [-0.1, -0.05) is 18.7 Å². The van der Waals surface area contributed by atoms with Crippen LogP contribution in [0.1, 0.15) is 11.1 Å². The molecule has 5 N–H and O–H groups in total. The number of azo groups is 1. The first kappa shape index (κ1) is 35.4. The fourth-order valence-corrected chi connectivity index (χ4v) is 6.10. The Labute approximate surface area is 257 Å². The van der Waals surface area contributed by atoms with Gasteiger partial charge >= 0.3 is 10.4 Å². The average molecular weight is 705 g/mol. The summed E-state index contributed by atoms with van der Waals surface area (Å²) in [6.45, 7) is 3.50. The van der Waals surface area contributed by atoms with Crippen molar-refractivity contribution in [2.45, 2.75) is 16.7 Å². The third kappa shape index (κ3) is 9.22. The molecule has 3 rings (SSSR count). The number of nitrogens with one attached hydrogen (secondary N) is 2. The Kier molecular flexibility index (Phi) is 10.6. The molecule has 18 nitrogen and oxygen atoms in total. The highest BCUT2D eigenvalue weighted by Crippen LogP contribution is 2.37. The zero-order chi connectivity index (χ0) is 33.8. The van der Waals surface area contributed by atoms with Crippen molar-refractivity contribution >= 4 is 74.3 Å². The topological polar surface area (TPSA) is 292 Å². The van der Waals surface area contributed by atoms with Crippen LogP contribution in [-0.4, -0.2) is 77.8 Å². The van der Waals surface area contributed by atoms with Crippen molar-refractivity contribution in [1.29, 1.82) is 5.26 Å². The van der Waals surface area contributed by atoms with Gasteiger partial charge in [0.05, 0.1) is 23.6 Å². The van der Waals surface area contributed by atoms with Gasteiger partial charge in [0, 0.05) is 34.8 Å². The SMILES string of the molecule is C=CS(=O)(=O)CCNc1nc(NCCOS(=O)(=O)O)c(N=Nc2cc(S(=O)(=O)O)c3cccc(S(=O)(=O)O)c3c2)c(C)c1C#N. The van der Waals surface area contributed by atoms with Gasteiger partial charge in [-0.3, -0.25) is 13.7 Å². The maximum absolute atomic E-state index is 12.1. The number of rotatable bonds is 14. The molecule has 0 radical (unpaired) electrons. The minimum atomic E-state index is -4.96. The number of pyridine rings is 1. The zero-order valence-electron chi connectivity index (χ0n) is 22.9. The number of aromatic nitrogens is 1. The van der Waals surface area contributed by atoms with E-state index in [-0.39, 0.29) is 58.0 Å². The van der Waals surface area contributed by atoms with Crippen molar-refractivity contribution < 1.29 is 51.5 Å². The van der Waals surface area contributed by atoms with Crippen LogP contribution in [0, 0.1) is 18.3 Å². The van der Waals surface area contributed by atoms with E-state index < -0.39 is 62.6 Å². The molecular weight excluding hydrogens is 681 g/mol. The first-order chi connectivity index (χ1) is 20.8. The zero-order valence-corrected chi connectivity index (χ0v) is 26.2. The molecule has 0 saturated carbocycles. The number of hydrogen-bond acceptors (Lipinski definition) is 15. The van der Waals surface area contributed by atoms with Crippen LogP contribution in [-0.2, 0) is 44.7 Å². The van der Waals surface area contributed by atoms with E-state index in [9.17, 15) is 48.0 Å². The molecule has 45 heavy (non-hydrogen) atoms. The first-order valence-corrected chi connectivity index (χ1v) is 18.1. The molecular formula is C23H24N6O12S4. The van der Waals surface area contributed by atoms with Crippen molar-refractivity contribution in [3.63, 3.8) is 0 Å². The maximum Gasteiger partial charge on any atom is 0.397 e. The van der Waals surface area contributed by atoms with E-state index in [1.165, 1.54) is 13.0 Å². The molecule has 0 aliphatic carbocycles. The summed E-state index contributed by atoms with van der Waals surface area (Å²) in [4.78, 5) is 2.76. The summed E-state index contributed by atoms with van der Waals surface area (Å²) in [6, 6.07) is 7.14. The summed E-state index contributed by atoms with van der Waals surface area (Å²) >= 11 is 0. The van der Waals surface area contributed by atoms with Gasteiger partial charge in [-0.25, -0.2) is 17.6 Å². The molecule has 2 aromatic carbocycles. The quantitative estimate of drug-likeness (QED) is 0.0915. The Morgan fingerprint density at radius 3 is 2.16 bits per heavy atom. The Bertz CT molecular complexity index is 2180. The summed E-state index contributed by atoms with van der Waals surface area (Å²) in [5.74, 6) is -0.681. The fraction of sp³-hybridized carbons (Fsp3) is 0.217. The Hall–Kier alpha value is -4.08. The number of anilines is 2. The number of benzene rings is 2. The lowest BCUT2D eigenvalue weighted by atomic mass is 10.1. The van der Waals surface area contributed by atoms with Crippen LogP contribution in [0.5, 0.6) is 0 Å². The van der Waals surface area contributed by atoms with Crippen LogP contribution in [0.4, 0.5) is 23.0 Å². The number of nitriles is 1. The molecule has 0 atom stereocenters. The first-order valence-electron chi connectivity index (χ1n) is 12.1. The Morgan fingerprint density at radius 1 is 0.933 bits per heavy atom. The monoisotopic (exact) mass is 704 g/mol. The molecule has 0 aliphatic heterocycles. The third-order valence-corrected chi connectivity index (χ3v) is 9.36. The lowest BCUT2D eigenvalue weighted by Gasteiger charge is -2.15. The standard InChI is InChI=1S/C23H24N6O12S4/c1-3-42(30,31)10-8-26-22-18(13-24)14(2)21(23(27-22)25-7-9-41-45(38,39)40)29-28-15-11-17-16(20(12-15)44(35,36)37)5-4-6-19(17)43(32,33)34/h3-6,11-12H,1,7-10H2,2H3,(H2,25,26,27)(H,32,33,34)(H,35,36,37)(H,38,39,40). The average Bonchev–Trinajstić information content (AvgIpc) is 2.92. The molecule has 0 bridgehead atoms. The van der Waals surface area contributed by atoms with Gasteiger partial charge in [0.25, 0.3) is 20.2 Å². The van der Waals surface area contributed by atoms with E-state index in [2.05, 4.69) is 36.6 Å². The third-order valence-electron chi connectivity index (χ3n) is 5.81. The van der Waals surface area contributed by atoms with Gasteiger partial charge in [-0.15, -0.1) is 5.11 Å². The summed E-state index contributed by atoms with van der Waals surface area (Å²) < 4.78 is 126. The molecule has 22 heteroatoms. The second kappa shape index (κ2) is 13.5. The predicted molar refractivity (Wildman–Crippen MR) is 160 cm³/mol. The highest BCUT2D eigenvalue weighted by atomic mass is 32.3.